The number of amides is 1. The number of piperazine rings is 1. The first-order valence-corrected chi connectivity index (χ1v) is 8.40. The van der Waals surface area contributed by atoms with Crippen molar-refractivity contribution in [3.8, 4) is 0 Å². The van der Waals surface area contributed by atoms with Crippen LogP contribution in [0.5, 0.6) is 0 Å². The Labute approximate surface area is 135 Å². The summed E-state index contributed by atoms with van der Waals surface area (Å²) < 4.78 is 0. The van der Waals surface area contributed by atoms with Gasteiger partial charge in [0.25, 0.3) is 5.91 Å². The Morgan fingerprint density at radius 1 is 1.09 bits per heavy atom. The first kappa shape index (κ1) is 15.1. The van der Waals surface area contributed by atoms with Gasteiger partial charge in [0.15, 0.2) is 0 Å². The maximum atomic E-state index is 12.2. The van der Waals surface area contributed by atoms with E-state index >= 15 is 0 Å². The second-order valence-corrected chi connectivity index (χ2v) is 6.64. The molecule has 4 nitrogen and oxygen atoms in total. The molecule has 1 fully saturated rings. The summed E-state index contributed by atoms with van der Waals surface area (Å²) in [4.78, 5) is 17.7. The standard InChI is InChI=1S/C17H21N3OS/c1-13-7-12-22-16(13)17(21)18-14-3-5-15(6-4-14)20-10-8-19(2)9-11-20/h3-7,12H,8-11H2,1-2H3,(H,18,21). The van der Waals surface area contributed by atoms with Gasteiger partial charge < -0.3 is 15.1 Å². The minimum Gasteiger partial charge on any atom is -0.369 e. The van der Waals surface area contributed by atoms with E-state index in [1.165, 1.54) is 17.0 Å². The van der Waals surface area contributed by atoms with Crippen molar-refractivity contribution in [2.45, 2.75) is 6.92 Å². The number of thiophene rings is 1. The van der Waals surface area contributed by atoms with Gasteiger partial charge in [-0.25, -0.2) is 0 Å². The number of rotatable bonds is 3. The van der Waals surface area contributed by atoms with E-state index < -0.39 is 0 Å². The fourth-order valence-electron chi connectivity index (χ4n) is 2.61. The Hall–Kier alpha value is -1.85. The Kier molecular flexibility index (Phi) is 4.45. The monoisotopic (exact) mass is 315 g/mol. The zero-order valence-electron chi connectivity index (χ0n) is 13.0. The van der Waals surface area contributed by atoms with Crippen LogP contribution in [0.1, 0.15) is 15.2 Å². The van der Waals surface area contributed by atoms with E-state index in [9.17, 15) is 4.79 Å². The quantitative estimate of drug-likeness (QED) is 0.945. The molecule has 22 heavy (non-hydrogen) atoms. The smallest absolute Gasteiger partial charge is 0.265 e. The number of hydrogen-bond donors (Lipinski definition) is 1. The number of hydrogen-bond acceptors (Lipinski definition) is 4. The van der Waals surface area contributed by atoms with Crippen molar-refractivity contribution in [1.29, 1.82) is 0 Å². The molecule has 1 aliphatic heterocycles. The van der Waals surface area contributed by atoms with Gasteiger partial charge in [0, 0.05) is 37.6 Å². The molecule has 2 aromatic rings. The highest BCUT2D eigenvalue weighted by atomic mass is 32.1. The first-order valence-electron chi connectivity index (χ1n) is 7.52. The van der Waals surface area contributed by atoms with Gasteiger partial charge in [-0.2, -0.15) is 0 Å². The number of nitrogens with one attached hydrogen (secondary N) is 1. The second-order valence-electron chi connectivity index (χ2n) is 5.72. The Morgan fingerprint density at radius 2 is 1.77 bits per heavy atom. The molecule has 0 aliphatic carbocycles. The first-order chi connectivity index (χ1) is 10.6. The highest BCUT2D eigenvalue weighted by Gasteiger charge is 2.14. The Morgan fingerprint density at radius 3 is 2.36 bits per heavy atom. The number of nitrogens with zero attached hydrogens (tertiary/aromatic N) is 2. The van der Waals surface area contributed by atoms with Crippen LogP contribution in [-0.4, -0.2) is 44.0 Å². The van der Waals surface area contributed by atoms with E-state index in [0.717, 1.165) is 42.3 Å². The molecule has 1 saturated heterocycles. The fraction of sp³-hybridized carbons (Fsp3) is 0.353. The molecule has 0 atom stereocenters. The average molecular weight is 315 g/mol. The van der Waals surface area contributed by atoms with Crippen LogP contribution in [0.2, 0.25) is 0 Å². The molecule has 0 bridgehead atoms. The summed E-state index contributed by atoms with van der Waals surface area (Å²) >= 11 is 1.48. The average Bonchev–Trinajstić information content (AvgIpc) is 2.95. The van der Waals surface area contributed by atoms with Gasteiger partial charge >= 0.3 is 0 Å². The lowest BCUT2D eigenvalue weighted by Crippen LogP contribution is -2.44. The van der Waals surface area contributed by atoms with E-state index in [1.807, 2.05) is 30.5 Å². The number of carbonyl (C=O) groups is 1. The van der Waals surface area contributed by atoms with Crippen molar-refractivity contribution >= 4 is 28.6 Å². The van der Waals surface area contributed by atoms with Crippen molar-refractivity contribution in [3.05, 3.63) is 46.2 Å². The third-order valence-corrected chi connectivity index (χ3v) is 5.08. The molecule has 0 spiro atoms. The number of benzene rings is 1. The van der Waals surface area contributed by atoms with Gasteiger partial charge in [-0.15, -0.1) is 11.3 Å². The Bertz CT molecular complexity index is 642. The van der Waals surface area contributed by atoms with Gasteiger partial charge in [0.1, 0.15) is 0 Å². The van der Waals surface area contributed by atoms with Crippen LogP contribution in [-0.2, 0) is 0 Å². The molecule has 5 heteroatoms. The molecule has 1 amide bonds. The zero-order chi connectivity index (χ0) is 15.5. The number of anilines is 2. The molecule has 0 unspecified atom stereocenters. The summed E-state index contributed by atoms with van der Waals surface area (Å²) in [6.45, 7) is 6.25. The third kappa shape index (κ3) is 3.31. The second kappa shape index (κ2) is 6.50. The third-order valence-electron chi connectivity index (χ3n) is 4.06. The van der Waals surface area contributed by atoms with E-state index in [4.69, 9.17) is 0 Å². The normalized spacial score (nSPS) is 15.8. The number of likely N-dealkylation sites (N-methyl/N-ethyl adjacent to an activating group) is 1. The highest BCUT2D eigenvalue weighted by Crippen LogP contribution is 2.21. The van der Waals surface area contributed by atoms with E-state index in [0.29, 0.717) is 0 Å². The molecular weight excluding hydrogens is 294 g/mol. The number of aryl methyl sites for hydroxylation is 1. The zero-order valence-corrected chi connectivity index (χ0v) is 13.8. The summed E-state index contributed by atoms with van der Waals surface area (Å²) in [6, 6.07) is 10.1. The molecule has 2 heterocycles. The molecular formula is C17H21N3OS. The molecule has 116 valence electrons. The molecule has 0 saturated carbocycles. The SMILES string of the molecule is Cc1ccsc1C(=O)Nc1ccc(N2CCN(C)CC2)cc1. The van der Waals surface area contributed by atoms with Crippen LogP contribution >= 0.6 is 11.3 Å². The highest BCUT2D eigenvalue weighted by molar-refractivity contribution is 7.12. The minimum atomic E-state index is -0.0279. The topological polar surface area (TPSA) is 35.6 Å². The summed E-state index contributed by atoms with van der Waals surface area (Å²) in [6.07, 6.45) is 0. The largest absolute Gasteiger partial charge is 0.369 e. The predicted molar refractivity (Wildman–Crippen MR) is 93.2 cm³/mol. The van der Waals surface area contributed by atoms with Crippen molar-refractivity contribution in [2.24, 2.45) is 0 Å². The molecule has 1 aromatic carbocycles. The van der Waals surface area contributed by atoms with E-state index in [2.05, 4.69) is 34.3 Å². The van der Waals surface area contributed by atoms with Crippen molar-refractivity contribution < 1.29 is 4.79 Å². The van der Waals surface area contributed by atoms with E-state index in [1.54, 1.807) is 0 Å². The Balaban J connectivity index is 1.64. The van der Waals surface area contributed by atoms with Gasteiger partial charge in [0.05, 0.1) is 4.88 Å². The van der Waals surface area contributed by atoms with E-state index in [-0.39, 0.29) is 5.91 Å². The maximum Gasteiger partial charge on any atom is 0.265 e. The molecule has 1 aromatic heterocycles. The fourth-order valence-corrected chi connectivity index (χ4v) is 3.43. The van der Waals surface area contributed by atoms with Crippen LogP contribution < -0.4 is 10.2 Å². The van der Waals surface area contributed by atoms with Crippen molar-refractivity contribution in [2.75, 3.05) is 43.4 Å². The lowest BCUT2D eigenvalue weighted by atomic mass is 10.2. The van der Waals surface area contributed by atoms with Crippen LogP contribution in [0.4, 0.5) is 11.4 Å². The van der Waals surface area contributed by atoms with Gasteiger partial charge in [-0.3, -0.25) is 4.79 Å². The summed E-state index contributed by atoms with van der Waals surface area (Å²) in [5.41, 5.74) is 3.09. The van der Waals surface area contributed by atoms with Crippen LogP contribution in [0.15, 0.2) is 35.7 Å². The van der Waals surface area contributed by atoms with Crippen molar-refractivity contribution in [3.63, 3.8) is 0 Å². The van der Waals surface area contributed by atoms with Crippen LogP contribution in [0.25, 0.3) is 0 Å². The molecule has 3 rings (SSSR count). The summed E-state index contributed by atoms with van der Waals surface area (Å²) in [5.74, 6) is -0.0279. The minimum absolute atomic E-state index is 0.0279. The maximum absolute atomic E-state index is 12.2. The lowest BCUT2D eigenvalue weighted by molar-refractivity contribution is 0.103. The molecule has 1 N–H and O–H groups in total. The van der Waals surface area contributed by atoms with Crippen LogP contribution in [0, 0.1) is 6.92 Å². The van der Waals surface area contributed by atoms with Gasteiger partial charge in [0.2, 0.25) is 0 Å². The lowest BCUT2D eigenvalue weighted by Gasteiger charge is -2.34. The number of carbonyl (C=O) groups excluding carboxylic acids is 1. The van der Waals surface area contributed by atoms with Gasteiger partial charge in [-0.05, 0) is 55.2 Å². The van der Waals surface area contributed by atoms with Crippen LogP contribution in [0.3, 0.4) is 0 Å². The predicted octanol–water partition coefficient (Wildman–Crippen LogP) is 3.06. The molecule has 1 aliphatic rings. The summed E-state index contributed by atoms with van der Waals surface area (Å²) in [5, 5.41) is 4.91. The van der Waals surface area contributed by atoms with Gasteiger partial charge in [-0.1, -0.05) is 0 Å². The van der Waals surface area contributed by atoms with Crippen molar-refractivity contribution in [1.82, 2.24) is 4.90 Å². The molecule has 0 radical (unpaired) electrons. The summed E-state index contributed by atoms with van der Waals surface area (Å²) in [7, 11) is 2.16.